The van der Waals surface area contributed by atoms with Crippen LogP contribution in [0.5, 0.6) is 0 Å². The van der Waals surface area contributed by atoms with Crippen molar-refractivity contribution in [1.29, 1.82) is 0 Å². The average Bonchev–Trinajstić information content (AvgIpc) is 2.74. The zero-order valence-corrected chi connectivity index (χ0v) is 10.2. The van der Waals surface area contributed by atoms with Gasteiger partial charge in [-0.1, -0.05) is 12.1 Å². The molecule has 1 aromatic carbocycles. The van der Waals surface area contributed by atoms with Crippen molar-refractivity contribution in [2.45, 2.75) is 6.92 Å². The Kier molecular flexibility index (Phi) is 3.79. The maximum atomic E-state index is 13.5. The molecule has 5 nitrogen and oxygen atoms in total. The number of esters is 1. The predicted octanol–water partition coefficient (Wildman–Crippen LogP) is 1.61. The Bertz CT molecular complexity index is 553. The van der Waals surface area contributed by atoms with E-state index in [4.69, 9.17) is 9.47 Å². The van der Waals surface area contributed by atoms with Gasteiger partial charge in [-0.15, -0.1) is 0 Å². The molecule has 0 amide bonds. The number of hydrogen-bond donors (Lipinski definition) is 1. The number of rotatable bonds is 4. The number of nitrogens with one attached hydrogen (secondary N) is 1. The third-order valence-corrected chi connectivity index (χ3v) is 2.46. The molecular weight excluding hydrogens is 253 g/mol. The first-order chi connectivity index (χ1) is 9.13. The van der Waals surface area contributed by atoms with Gasteiger partial charge in [0.2, 0.25) is 11.7 Å². The second-order valence-corrected chi connectivity index (χ2v) is 3.74. The predicted molar refractivity (Wildman–Crippen MR) is 64.6 cm³/mol. The number of Topliss-reactive ketones (excluding diaryl/α,β-unsaturated/α-hetero) is 1. The van der Waals surface area contributed by atoms with Crippen LogP contribution in [-0.2, 0) is 19.1 Å². The maximum Gasteiger partial charge on any atom is 0.347 e. The molecule has 0 fully saturated rings. The number of halogens is 1. The van der Waals surface area contributed by atoms with Crippen LogP contribution in [0.4, 0.5) is 10.1 Å². The van der Waals surface area contributed by atoms with Gasteiger partial charge in [0.1, 0.15) is 5.82 Å². The standard InChI is InChI=1S/C13H12FNO4/c1-2-18-13(17)11-10(16)7-19-12(11)15-9-6-4-3-5-8(9)14/h3-6,15H,2,7H2,1H3. The summed E-state index contributed by atoms with van der Waals surface area (Å²) < 4.78 is 23.3. The maximum absolute atomic E-state index is 13.5. The highest BCUT2D eigenvalue weighted by Gasteiger charge is 2.32. The second kappa shape index (κ2) is 5.51. The monoisotopic (exact) mass is 265 g/mol. The van der Waals surface area contributed by atoms with Gasteiger partial charge in [0, 0.05) is 0 Å². The Hall–Kier alpha value is -2.37. The molecule has 0 aromatic heterocycles. The highest BCUT2D eigenvalue weighted by molar-refractivity contribution is 6.19. The number of carbonyl (C=O) groups excluding carboxylic acids is 2. The van der Waals surface area contributed by atoms with Gasteiger partial charge in [-0.2, -0.15) is 0 Å². The number of hydrogen-bond acceptors (Lipinski definition) is 5. The summed E-state index contributed by atoms with van der Waals surface area (Å²) in [6.07, 6.45) is 0. The number of anilines is 1. The van der Waals surface area contributed by atoms with Crippen LogP contribution in [0.15, 0.2) is 35.7 Å². The molecule has 0 aliphatic carbocycles. The van der Waals surface area contributed by atoms with Crippen molar-refractivity contribution in [3.05, 3.63) is 41.5 Å². The summed E-state index contributed by atoms with van der Waals surface area (Å²) >= 11 is 0. The van der Waals surface area contributed by atoms with Crippen LogP contribution < -0.4 is 5.32 Å². The van der Waals surface area contributed by atoms with E-state index in [1.807, 2.05) is 0 Å². The lowest BCUT2D eigenvalue weighted by molar-refractivity contribution is -0.139. The Labute approximate surface area is 109 Å². The molecule has 2 rings (SSSR count). The van der Waals surface area contributed by atoms with Gasteiger partial charge in [0.05, 0.1) is 12.3 Å². The van der Waals surface area contributed by atoms with Crippen LogP contribution in [0.3, 0.4) is 0 Å². The molecular formula is C13H12FNO4. The van der Waals surface area contributed by atoms with Crippen LogP contribution in [-0.4, -0.2) is 25.0 Å². The quantitative estimate of drug-likeness (QED) is 0.662. The fraction of sp³-hybridized carbons (Fsp3) is 0.231. The minimum Gasteiger partial charge on any atom is -0.470 e. The van der Waals surface area contributed by atoms with Crippen LogP contribution in [0.1, 0.15) is 6.92 Å². The van der Waals surface area contributed by atoms with Crippen molar-refractivity contribution in [2.75, 3.05) is 18.5 Å². The van der Waals surface area contributed by atoms with E-state index in [-0.39, 0.29) is 30.4 Å². The highest BCUT2D eigenvalue weighted by Crippen LogP contribution is 2.22. The summed E-state index contributed by atoms with van der Waals surface area (Å²) in [5.74, 6) is -1.85. The molecule has 1 N–H and O–H groups in total. The van der Waals surface area contributed by atoms with Crippen LogP contribution in [0.25, 0.3) is 0 Å². The van der Waals surface area contributed by atoms with E-state index in [0.29, 0.717) is 0 Å². The summed E-state index contributed by atoms with van der Waals surface area (Å²) in [5, 5.41) is 2.59. The van der Waals surface area contributed by atoms with Gasteiger partial charge < -0.3 is 14.8 Å². The molecule has 6 heteroatoms. The molecule has 0 atom stereocenters. The largest absolute Gasteiger partial charge is 0.470 e. The number of benzene rings is 1. The van der Waals surface area contributed by atoms with Gasteiger partial charge in [0.25, 0.3) is 0 Å². The molecule has 1 aliphatic rings. The smallest absolute Gasteiger partial charge is 0.347 e. The second-order valence-electron chi connectivity index (χ2n) is 3.74. The van der Waals surface area contributed by atoms with Crippen molar-refractivity contribution in [1.82, 2.24) is 0 Å². The van der Waals surface area contributed by atoms with E-state index in [2.05, 4.69) is 5.32 Å². The first kappa shape index (κ1) is 13.1. The summed E-state index contributed by atoms with van der Waals surface area (Å²) in [6, 6.07) is 5.87. The van der Waals surface area contributed by atoms with Crippen molar-refractivity contribution in [2.24, 2.45) is 0 Å². The average molecular weight is 265 g/mol. The molecule has 0 saturated heterocycles. The fourth-order valence-corrected chi connectivity index (χ4v) is 1.60. The van der Waals surface area contributed by atoms with Gasteiger partial charge in [-0.05, 0) is 19.1 Å². The molecule has 0 unspecified atom stereocenters. The van der Waals surface area contributed by atoms with Crippen molar-refractivity contribution < 1.29 is 23.5 Å². The number of carbonyl (C=O) groups is 2. The SMILES string of the molecule is CCOC(=O)C1=C(Nc2ccccc2F)OCC1=O. The molecule has 0 radical (unpaired) electrons. The normalized spacial score (nSPS) is 14.3. The van der Waals surface area contributed by atoms with Crippen LogP contribution in [0, 0.1) is 5.82 Å². The number of ketones is 1. The zero-order valence-electron chi connectivity index (χ0n) is 10.2. The third kappa shape index (κ3) is 2.73. The van der Waals surface area contributed by atoms with E-state index in [1.54, 1.807) is 13.0 Å². The van der Waals surface area contributed by atoms with E-state index in [1.165, 1.54) is 18.2 Å². The molecule has 0 saturated carbocycles. The van der Waals surface area contributed by atoms with Gasteiger partial charge in [0.15, 0.2) is 12.2 Å². The lowest BCUT2D eigenvalue weighted by Gasteiger charge is -2.09. The Balaban J connectivity index is 2.28. The fourth-order valence-electron chi connectivity index (χ4n) is 1.60. The Morgan fingerprint density at radius 1 is 1.47 bits per heavy atom. The lowest BCUT2D eigenvalue weighted by atomic mass is 10.2. The first-order valence-electron chi connectivity index (χ1n) is 5.72. The van der Waals surface area contributed by atoms with Gasteiger partial charge >= 0.3 is 5.97 Å². The summed E-state index contributed by atoms with van der Waals surface area (Å²) in [4.78, 5) is 23.2. The van der Waals surface area contributed by atoms with E-state index in [0.717, 1.165) is 0 Å². The molecule has 1 heterocycles. The minimum absolute atomic E-state index is 0.0754. The van der Waals surface area contributed by atoms with Gasteiger partial charge in [-0.25, -0.2) is 9.18 Å². The number of ether oxygens (including phenoxy) is 2. The first-order valence-corrected chi connectivity index (χ1v) is 5.72. The summed E-state index contributed by atoms with van der Waals surface area (Å²) in [5.41, 5.74) is -0.0981. The van der Waals surface area contributed by atoms with Crippen molar-refractivity contribution >= 4 is 17.4 Å². The number of para-hydroxylation sites is 1. The van der Waals surface area contributed by atoms with E-state index in [9.17, 15) is 14.0 Å². The summed E-state index contributed by atoms with van der Waals surface area (Å²) in [7, 11) is 0. The Morgan fingerprint density at radius 3 is 2.89 bits per heavy atom. The van der Waals surface area contributed by atoms with Crippen molar-refractivity contribution in [3.8, 4) is 0 Å². The minimum atomic E-state index is -0.774. The molecule has 100 valence electrons. The zero-order chi connectivity index (χ0) is 13.8. The summed E-state index contributed by atoms with van der Waals surface area (Å²) in [6.45, 7) is 1.51. The lowest BCUT2D eigenvalue weighted by Crippen LogP contribution is -2.16. The molecule has 0 bridgehead atoms. The highest BCUT2D eigenvalue weighted by atomic mass is 19.1. The van der Waals surface area contributed by atoms with Crippen molar-refractivity contribution in [3.63, 3.8) is 0 Å². The molecule has 19 heavy (non-hydrogen) atoms. The van der Waals surface area contributed by atoms with Crippen LogP contribution >= 0.6 is 0 Å². The molecule has 1 aliphatic heterocycles. The Morgan fingerprint density at radius 2 is 2.21 bits per heavy atom. The third-order valence-electron chi connectivity index (χ3n) is 2.46. The molecule has 1 aromatic rings. The molecule has 0 spiro atoms. The van der Waals surface area contributed by atoms with E-state index >= 15 is 0 Å². The van der Waals surface area contributed by atoms with Crippen LogP contribution in [0.2, 0.25) is 0 Å². The topological polar surface area (TPSA) is 64.6 Å². The van der Waals surface area contributed by atoms with E-state index < -0.39 is 17.6 Å². The van der Waals surface area contributed by atoms with Gasteiger partial charge in [-0.3, -0.25) is 4.79 Å².